The predicted molar refractivity (Wildman–Crippen MR) is 142 cm³/mol. The first kappa shape index (κ1) is 27.7. The summed E-state index contributed by atoms with van der Waals surface area (Å²) in [6.07, 6.45) is 1.60. The van der Waals surface area contributed by atoms with E-state index in [9.17, 15) is 9.35 Å². The van der Waals surface area contributed by atoms with Gasteiger partial charge < -0.3 is 19.3 Å². The fraction of sp³-hybridized carbons (Fsp3) is 0.357. The minimum Gasteiger partial charge on any atom is -0.598 e. The Labute approximate surface area is 216 Å². The Morgan fingerprint density at radius 1 is 0.917 bits per heavy atom. The molecule has 3 rings (SSSR count). The molecule has 0 aliphatic rings. The fourth-order valence-corrected chi connectivity index (χ4v) is 4.25. The van der Waals surface area contributed by atoms with Crippen LogP contribution >= 0.6 is 0 Å². The van der Waals surface area contributed by atoms with E-state index in [0.29, 0.717) is 13.0 Å². The Hall–Kier alpha value is -2.91. The van der Waals surface area contributed by atoms with Crippen molar-refractivity contribution >= 4 is 17.5 Å². The van der Waals surface area contributed by atoms with Crippen molar-refractivity contribution in [2.75, 3.05) is 6.61 Å². The molecule has 2 N–H and O–H groups in total. The number of nitrogens with one attached hydrogen (secondary N) is 2. The Balaban J connectivity index is 1.74. The number of carbonyl (C=O) groups is 1. The molecule has 0 saturated heterocycles. The van der Waals surface area contributed by atoms with Gasteiger partial charge in [0.25, 0.3) is 0 Å². The molecule has 0 fully saturated rings. The third-order valence-corrected chi connectivity index (χ3v) is 7.01. The van der Waals surface area contributed by atoms with Gasteiger partial charge in [0.15, 0.2) is 0 Å². The molecule has 1 heterocycles. The molecule has 0 unspecified atom stereocenters. The highest BCUT2D eigenvalue weighted by atomic mass is 32.2. The molecule has 1 amide bonds. The van der Waals surface area contributed by atoms with E-state index in [4.69, 9.17) is 9.47 Å². The first-order valence-corrected chi connectivity index (χ1v) is 13.1. The van der Waals surface area contributed by atoms with Crippen molar-refractivity contribution in [3.63, 3.8) is 0 Å². The van der Waals surface area contributed by atoms with E-state index in [1.807, 2.05) is 99.6 Å². The van der Waals surface area contributed by atoms with E-state index < -0.39 is 34.3 Å². The first-order valence-electron chi connectivity index (χ1n) is 12.0. The number of ether oxygens (including phenoxy) is 2. The topological polar surface area (TPSA) is 95.5 Å². The molecular formula is C28H35N3O4S. The quantitative estimate of drug-likeness (QED) is 0.348. The van der Waals surface area contributed by atoms with E-state index in [1.165, 1.54) is 0 Å². The predicted octanol–water partition coefficient (Wildman–Crippen LogP) is 4.56. The van der Waals surface area contributed by atoms with Gasteiger partial charge in [-0.25, -0.2) is 4.79 Å². The molecule has 2 aromatic carbocycles. The molecule has 36 heavy (non-hydrogen) atoms. The standard InChI is InChI=1S/C28H35N3O4S/c1-28(2,3)36(33)31-25(18-24-16-10-11-17-29-24)26(21-34-19-22-12-6-4-7-13-22)30-27(32)35-20-23-14-8-5-9-15-23/h4-17,25-26,31H,18-21H2,1-3H3,(H,30,32)/t25-,26-,36+/m0/s1. The molecule has 0 aliphatic carbocycles. The highest BCUT2D eigenvalue weighted by molar-refractivity contribution is 7.90. The second-order valence-electron chi connectivity index (χ2n) is 9.44. The number of pyridine rings is 1. The average molecular weight is 510 g/mol. The summed E-state index contributed by atoms with van der Waals surface area (Å²) in [7, 11) is 0. The van der Waals surface area contributed by atoms with E-state index >= 15 is 0 Å². The molecule has 0 spiro atoms. The van der Waals surface area contributed by atoms with Crippen LogP contribution in [0.1, 0.15) is 37.6 Å². The lowest BCUT2D eigenvalue weighted by molar-refractivity contribution is 0.0806. The number of rotatable bonds is 12. The molecule has 192 valence electrons. The maximum Gasteiger partial charge on any atom is 0.407 e. The lowest BCUT2D eigenvalue weighted by atomic mass is 10.0. The lowest BCUT2D eigenvalue weighted by Crippen LogP contribution is -2.57. The second-order valence-corrected chi connectivity index (χ2v) is 11.4. The van der Waals surface area contributed by atoms with Crippen LogP contribution in [0.5, 0.6) is 0 Å². The SMILES string of the molecule is CC(C)(C)[S@@+]([O-])N[C@@H](Cc1ccccn1)[C@H](COCc1ccccc1)NC(=O)OCc1ccccc1. The van der Waals surface area contributed by atoms with Crippen molar-refractivity contribution in [2.45, 2.75) is 57.2 Å². The van der Waals surface area contributed by atoms with Gasteiger partial charge in [0.1, 0.15) is 11.4 Å². The average Bonchev–Trinajstić information content (AvgIpc) is 2.88. The number of benzene rings is 2. The monoisotopic (exact) mass is 509 g/mol. The van der Waals surface area contributed by atoms with Gasteiger partial charge in [-0.05, 0) is 44.0 Å². The van der Waals surface area contributed by atoms with Gasteiger partial charge in [0, 0.05) is 29.7 Å². The van der Waals surface area contributed by atoms with Crippen molar-refractivity contribution in [1.29, 1.82) is 0 Å². The normalized spacial score (nSPS) is 14.0. The number of nitrogens with zero attached hydrogens (tertiary/aromatic N) is 1. The maximum absolute atomic E-state index is 13.1. The Kier molecular flexibility index (Phi) is 10.8. The smallest absolute Gasteiger partial charge is 0.407 e. The summed E-state index contributed by atoms with van der Waals surface area (Å²) < 4.78 is 27.2. The van der Waals surface area contributed by atoms with Crippen LogP contribution in [0.15, 0.2) is 85.1 Å². The lowest BCUT2D eigenvalue weighted by Gasteiger charge is -2.32. The van der Waals surface area contributed by atoms with Crippen LogP contribution in [0, 0.1) is 0 Å². The van der Waals surface area contributed by atoms with Crippen LogP contribution in [0.3, 0.4) is 0 Å². The number of aromatic nitrogens is 1. The zero-order valence-corrected chi connectivity index (χ0v) is 21.9. The van der Waals surface area contributed by atoms with Crippen LogP contribution in [0.4, 0.5) is 4.79 Å². The highest BCUT2D eigenvalue weighted by Gasteiger charge is 2.34. The van der Waals surface area contributed by atoms with Gasteiger partial charge in [-0.1, -0.05) is 66.7 Å². The minimum absolute atomic E-state index is 0.149. The van der Waals surface area contributed by atoms with Crippen LogP contribution < -0.4 is 10.0 Å². The van der Waals surface area contributed by atoms with Gasteiger partial charge in [-0.15, -0.1) is 4.72 Å². The van der Waals surface area contributed by atoms with Crippen LogP contribution in [-0.2, 0) is 40.5 Å². The van der Waals surface area contributed by atoms with Crippen molar-refractivity contribution in [3.8, 4) is 0 Å². The zero-order chi connectivity index (χ0) is 25.8. The number of amides is 1. The Bertz CT molecular complexity index is 1030. The van der Waals surface area contributed by atoms with Crippen LogP contribution in [-0.4, -0.2) is 39.1 Å². The van der Waals surface area contributed by atoms with Crippen LogP contribution in [0.25, 0.3) is 0 Å². The maximum atomic E-state index is 13.1. The van der Waals surface area contributed by atoms with Gasteiger partial charge in [-0.2, -0.15) is 0 Å². The molecule has 0 bridgehead atoms. The highest BCUT2D eigenvalue weighted by Crippen LogP contribution is 2.17. The van der Waals surface area contributed by atoms with Gasteiger partial charge in [0.2, 0.25) is 0 Å². The summed E-state index contributed by atoms with van der Waals surface area (Å²) in [5, 5.41) is 2.94. The van der Waals surface area contributed by atoms with Gasteiger partial charge in [-0.3, -0.25) is 4.98 Å². The largest absolute Gasteiger partial charge is 0.598 e. The third-order valence-electron chi connectivity index (χ3n) is 5.38. The Morgan fingerprint density at radius 3 is 2.11 bits per heavy atom. The molecule has 8 heteroatoms. The molecule has 7 nitrogen and oxygen atoms in total. The zero-order valence-electron chi connectivity index (χ0n) is 21.1. The van der Waals surface area contributed by atoms with E-state index in [-0.39, 0.29) is 13.2 Å². The minimum atomic E-state index is -1.38. The molecule has 3 aromatic rings. The summed E-state index contributed by atoms with van der Waals surface area (Å²) in [6.45, 7) is 6.43. The Morgan fingerprint density at radius 2 is 1.53 bits per heavy atom. The summed E-state index contributed by atoms with van der Waals surface area (Å²) >= 11 is -1.38. The van der Waals surface area contributed by atoms with Gasteiger partial charge in [0.05, 0.1) is 25.3 Å². The third kappa shape index (κ3) is 9.62. The molecule has 0 radical (unpaired) electrons. The fourth-order valence-electron chi connectivity index (χ4n) is 3.38. The van der Waals surface area contributed by atoms with E-state index in [0.717, 1.165) is 16.8 Å². The molecule has 1 aromatic heterocycles. The number of carbonyl (C=O) groups excluding carboxylic acids is 1. The van der Waals surface area contributed by atoms with Crippen molar-refractivity contribution in [3.05, 3.63) is 102 Å². The van der Waals surface area contributed by atoms with E-state index in [2.05, 4.69) is 15.0 Å². The van der Waals surface area contributed by atoms with Crippen molar-refractivity contribution in [1.82, 2.24) is 15.0 Å². The molecule has 0 aliphatic heterocycles. The number of hydrogen-bond acceptors (Lipinski definition) is 6. The number of hydrogen-bond donors (Lipinski definition) is 2. The first-order chi connectivity index (χ1) is 17.3. The molecular weight excluding hydrogens is 474 g/mol. The summed E-state index contributed by atoms with van der Waals surface area (Å²) in [4.78, 5) is 17.2. The van der Waals surface area contributed by atoms with Crippen LogP contribution in [0.2, 0.25) is 0 Å². The summed E-state index contributed by atoms with van der Waals surface area (Å²) in [5.41, 5.74) is 2.73. The number of alkyl carbamates (subject to hydrolysis) is 1. The summed E-state index contributed by atoms with van der Waals surface area (Å²) in [5.74, 6) is 0. The molecule has 0 saturated carbocycles. The molecule has 3 atom stereocenters. The van der Waals surface area contributed by atoms with E-state index in [1.54, 1.807) is 6.20 Å². The van der Waals surface area contributed by atoms with Gasteiger partial charge >= 0.3 is 6.09 Å². The van der Waals surface area contributed by atoms with Crippen molar-refractivity contribution in [2.24, 2.45) is 0 Å². The van der Waals surface area contributed by atoms with Crippen molar-refractivity contribution < 1.29 is 18.8 Å². The second kappa shape index (κ2) is 14.0. The summed E-state index contributed by atoms with van der Waals surface area (Å²) in [6, 6.07) is 24.0.